The van der Waals surface area contributed by atoms with Crippen molar-refractivity contribution >= 4 is 21.8 Å². The Morgan fingerprint density at radius 1 is 1.12 bits per heavy atom. The van der Waals surface area contributed by atoms with Crippen LogP contribution in [0, 0.1) is 11.3 Å². The molecule has 0 aromatic heterocycles. The van der Waals surface area contributed by atoms with Crippen molar-refractivity contribution in [3.05, 3.63) is 53.6 Å². The van der Waals surface area contributed by atoms with Gasteiger partial charge in [0.15, 0.2) is 6.10 Å². The molecule has 0 saturated carbocycles. The van der Waals surface area contributed by atoms with Crippen molar-refractivity contribution < 1.29 is 32.2 Å². The topological polar surface area (TPSA) is 147 Å². The Kier molecular flexibility index (Phi) is 8.06. The van der Waals surface area contributed by atoms with Gasteiger partial charge in [0.2, 0.25) is 10.0 Å². The van der Waals surface area contributed by atoms with Crippen molar-refractivity contribution in [2.45, 2.75) is 17.9 Å². The van der Waals surface area contributed by atoms with Crippen molar-refractivity contribution in [3.8, 4) is 17.6 Å². The fourth-order valence-corrected chi connectivity index (χ4v) is 4.69. The molecule has 1 aliphatic rings. The minimum Gasteiger partial charge on any atom is -0.495 e. The average molecular weight is 489 g/mol. The number of hydrogen-bond acceptors (Lipinski definition) is 8. The van der Waals surface area contributed by atoms with Gasteiger partial charge in [0, 0.05) is 18.7 Å². The van der Waals surface area contributed by atoms with Crippen molar-refractivity contribution in [2.24, 2.45) is 0 Å². The van der Waals surface area contributed by atoms with Crippen LogP contribution in [0.2, 0.25) is 0 Å². The first-order valence-corrected chi connectivity index (χ1v) is 11.7. The summed E-state index contributed by atoms with van der Waals surface area (Å²) in [5.74, 6) is -0.884. The number of hydrogen-bond donors (Lipinski definition) is 2. The Morgan fingerprint density at radius 2 is 1.79 bits per heavy atom. The molecule has 1 unspecified atom stereocenters. The summed E-state index contributed by atoms with van der Waals surface area (Å²) in [5, 5.41) is 8.83. The number of hydrazine groups is 1. The summed E-state index contributed by atoms with van der Waals surface area (Å²) < 4.78 is 43.3. The van der Waals surface area contributed by atoms with Crippen molar-refractivity contribution in [1.29, 1.82) is 5.26 Å². The highest BCUT2D eigenvalue weighted by molar-refractivity contribution is 7.89. The van der Waals surface area contributed by atoms with Crippen molar-refractivity contribution in [1.82, 2.24) is 15.2 Å². The van der Waals surface area contributed by atoms with Crippen LogP contribution in [-0.2, 0) is 19.6 Å². The molecule has 1 fully saturated rings. The molecule has 34 heavy (non-hydrogen) atoms. The Balaban J connectivity index is 1.66. The summed E-state index contributed by atoms with van der Waals surface area (Å²) in [4.78, 5) is 24.7. The number of nitriles is 1. The first-order valence-electron chi connectivity index (χ1n) is 10.3. The van der Waals surface area contributed by atoms with E-state index in [1.807, 2.05) is 6.07 Å². The van der Waals surface area contributed by atoms with Crippen LogP contribution in [-0.4, -0.2) is 64.1 Å². The van der Waals surface area contributed by atoms with Gasteiger partial charge >= 0.3 is 0 Å². The summed E-state index contributed by atoms with van der Waals surface area (Å²) in [6.45, 7) is 2.41. The van der Waals surface area contributed by atoms with E-state index in [-0.39, 0.29) is 42.5 Å². The number of nitrogens with zero attached hydrogens (tertiary/aromatic N) is 2. The predicted octanol–water partition coefficient (Wildman–Crippen LogP) is 0.816. The summed E-state index contributed by atoms with van der Waals surface area (Å²) in [6.07, 6.45) is -0.957. The second-order valence-electron chi connectivity index (χ2n) is 7.22. The van der Waals surface area contributed by atoms with E-state index in [1.54, 1.807) is 24.3 Å². The van der Waals surface area contributed by atoms with Crippen LogP contribution in [0.5, 0.6) is 11.5 Å². The van der Waals surface area contributed by atoms with Gasteiger partial charge in [-0.3, -0.25) is 20.4 Å². The number of morpholine rings is 1. The van der Waals surface area contributed by atoms with Crippen LogP contribution < -0.4 is 20.3 Å². The molecule has 11 nitrogen and oxygen atoms in total. The maximum absolute atomic E-state index is 13.1. The van der Waals surface area contributed by atoms with Crippen molar-refractivity contribution in [3.63, 3.8) is 0 Å². The molecule has 1 aliphatic heterocycles. The summed E-state index contributed by atoms with van der Waals surface area (Å²) in [6, 6.07) is 12.1. The number of benzene rings is 2. The van der Waals surface area contributed by atoms with Crippen LogP contribution >= 0.6 is 0 Å². The fourth-order valence-electron chi connectivity index (χ4n) is 3.10. The number of carbonyl (C=O) groups is 2. The normalized spacial score (nSPS) is 15.0. The smallest absolute Gasteiger partial charge is 0.279 e. The molecule has 2 N–H and O–H groups in total. The number of amides is 2. The second kappa shape index (κ2) is 11.0. The predicted molar refractivity (Wildman–Crippen MR) is 119 cm³/mol. The summed E-state index contributed by atoms with van der Waals surface area (Å²) in [7, 11) is -2.59. The largest absolute Gasteiger partial charge is 0.495 e. The fraction of sp³-hybridized carbons (Fsp3) is 0.318. The van der Waals surface area contributed by atoms with Crippen molar-refractivity contribution in [2.75, 3.05) is 33.4 Å². The van der Waals surface area contributed by atoms with E-state index in [0.29, 0.717) is 11.3 Å². The zero-order valence-electron chi connectivity index (χ0n) is 18.6. The first kappa shape index (κ1) is 25.0. The van der Waals surface area contributed by atoms with Crippen LogP contribution in [0.25, 0.3) is 0 Å². The number of rotatable bonds is 7. The molecule has 2 aromatic carbocycles. The third-order valence-corrected chi connectivity index (χ3v) is 6.90. The molecule has 2 amide bonds. The number of sulfonamides is 1. The molecular weight excluding hydrogens is 464 g/mol. The lowest BCUT2D eigenvalue weighted by atomic mass is 10.2. The lowest BCUT2D eigenvalue weighted by molar-refractivity contribution is -0.128. The monoisotopic (exact) mass is 488 g/mol. The third-order valence-electron chi connectivity index (χ3n) is 4.98. The number of ether oxygens (including phenoxy) is 3. The van der Waals surface area contributed by atoms with Gasteiger partial charge in [-0.25, -0.2) is 8.42 Å². The Bertz CT molecular complexity index is 1190. The number of carbonyl (C=O) groups excluding carboxylic acids is 2. The van der Waals surface area contributed by atoms with Crippen LogP contribution in [0.1, 0.15) is 22.8 Å². The van der Waals surface area contributed by atoms with Crippen LogP contribution in [0.3, 0.4) is 0 Å². The van der Waals surface area contributed by atoms with E-state index in [1.165, 1.54) is 36.5 Å². The van der Waals surface area contributed by atoms with E-state index in [2.05, 4.69) is 10.9 Å². The lowest BCUT2D eigenvalue weighted by Crippen LogP contribution is -2.47. The third kappa shape index (κ3) is 5.82. The minimum absolute atomic E-state index is 0.00796. The molecule has 0 radical (unpaired) electrons. The van der Waals surface area contributed by atoms with Gasteiger partial charge in [-0.15, -0.1) is 0 Å². The highest BCUT2D eigenvalue weighted by atomic mass is 32.2. The highest BCUT2D eigenvalue weighted by Gasteiger charge is 2.30. The minimum atomic E-state index is -3.92. The van der Waals surface area contributed by atoms with E-state index < -0.39 is 27.9 Å². The van der Waals surface area contributed by atoms with Crippen LogP contribution in [0.15, 0.2) is 47.4 Å². The van der Waals surface area contributed by atoms with E-state index in [0.717, 1.165) is 0 Å². The Hall–Kier alpha value is -3.66. The number of methoxy groups -OCH3 is 1. The molecule has 0 bridgehead atoms. The van der Waals surface area contributed by atoms with Gasteiger partial charge in [-0.1, -0.05) is 0 Å². The zero-order valence-corrected chi connectivity index (χ0v) is 19.4. The average Bonchev–Trinajstić information content (AvgIpc) is 2.87. The van der Waals surface area contributed by atoms with E-state index >= 15 is 0 Å². The molecule has 1 atom stereocenters. The lowest BCUT2D eigenvalue weighted by Gasteiger charge is -2.26. The van der Waals surface area contributed by atoms with Gasteiger partial charge in [0.1, 0.15) is 16.4 Å². The van der Waals surface area contributed by atoms with Gasteiger partial charge in [0.25, 0.3) is 11.8 Å². The molecule has 3 rings (SSSR count). The summed E-state index contributed by atoms with van der Waals surface area (Å²) in [5.41, 5.74) is 4.96. The Morgan fingerprint density at radius 3 is 2.41 bits per heavy atom. The molecule has 1 heterocycles. The van der Waals surface area contributed by atoms with E-state index in [9.17, 15) is 18.0 Å². The second-order valence-corrected chi connectivity index (χ2v) is 9.13. The number of nitrogens with one attached hydrogen (secondary N) is 2. The molecule has 180 valence electrons. The first-order chi connectivity index (χ1) is 16.3. The molecule has 2 aromatic rings. The summed E-state index contributed by atoms with van der Waals surface area (Å²) >= 11 is 0. The zero-order chi connectivity index (χ0) is 24.7. The Labute approximate surface area is 197 Å². The molecule has 0 aliphatic carbocycles. The molecular formula is C22H24N4O7S. The highest BCUT2D eigenvalue weighted by Crippen LogP contribution is 2.28. The van der Waals surface area contributed by atoms with Crippen LogP contribution in [0.4, 0.5) is 0 Å². The standard InChI is InChI=1S/C22H24N4O7S/c1-15(33-18-6-3-16(14-23)4-7-18)21(27)24-25-22(28)17-5-8-19(31-2)20(13-17)34(29,30)26-9-11-32-12-10-26/h3-8,13,15H,9-12H2,1-2H3,(H,24,27)(H,25,28). The van der Waals surface area contributed by atoms with Gasteiger partial charge in [0.05, 0.1) is 32.0 Å². The molecule has 0 spiro atoms. The molecule has 12 heteroatoms. The maximum Gasteiger partial charge on any atom is 0.279 e. The maximum atomic E-state index is 13.1. The van der Waals surface area contributed by atoms with Gasteiger partial charge in [-0.2, -0.15) is 9.57 Å². The quantitative estimate of drug-likeness (QED) is 0.545. The SMILES string of the molecule is COc1ccc(C(=O)NNC(=O)C(C)Oc2ccc(C#N)cc2)cc1S(=O)(=O)N1CCOCC1. The van der Waals surface area contributed by atoms with E-state index in [4.69, 9.17) is 19.5 Å². The van der Waals surface area contributed by atoms with Gasteiger partial charge < -0.3 is 14.2 Å². The van der Waals surface area contributed by atoms with Gasteiger partial charge in [-0.05, 0) is 49.4 Å². The molecule has 1 saturated heterocycles.